The third kappa shape index (κ3) is 5.72. The average Bonchev–Trinajstić information content (AvgIpc) is 2.80. The third-order valence-electron chi connectivity index (χ3n) is 7.48. The van der Waals surface area contributed by atoms with Crippen molar-refractivity contribution in [2.45, 2.75) is 44.9 Å². The molecule has 189 valence electrons. The number of nitrogens with zero attached hydrogens (tertiary/aromatic N) is 4. The number of nitrogens with one attached hydrogen (secondary N) is 1. The number of aromatic nitrogens is 2. The molecule has 2 aliphatic heterocycles. The molecular weight excluding hydrogens is 445 g/mol. The van der Waals surface area contributed by atoms with E-state index in [2.05, 4.69) is 26.2 Å². The van der Waals surface area contributed by atoms with Crippen LogP contribution < -0.4 is 21.2 Å². The van der Waals surface area contributed by atoms with E-state index < -0.39 is 11.2 Å². The van der Waals surface area contributed by atoms with Gasteiger partial charge in [0.25, 0.3) is 5.56 Å². The van der Waals surface area contributed by atoms with E-state index in [9.17, 15) is 4.79 Å². The molecular formula is C25H37BN5O4. The highest BCUT2D eigenvalue weighted by molar-refractivity contribution is 6.47. The molecule has 1 N–H and O–H groups in total. The summed E-state index contributed by atoms with van der Waals surface area (Å²) in [5, 5.41) is 3.17. The van der Waals surface area contributed by atoms with Gasteiger partial charge >= 0.3 is 7.48 Å². The van der Waals surface area contributed by atoms with Crippen LogP contribution in [0, 0.1) is 0 Å². The molecule has 4 heterocycles. The van der Waals surface area contributed by atoms with Gasteiger partial charge in [-0.2, -0.15) is 0 Å². The second kappa shape index (κ2) is 10.3. The summed E-state index contributed by atoms with van der Waals surface area (Å²) in [6.07, 6.45) is 3.61. The highest BCUT2D eigenvalue weighted by Crippen LogP contribution is 2.27. The van der Waals surface area contributed by atoms with Crippen molar-refractivity contribution in [3.8, 4) is 0 Å². The maximum atomic E-state index is 12.7. The Hall–Kier alpha value is -2.40. The quantitative estimate of drug-likeness (QED) is 0.539. The zero-order valence-corrected chi connectivity index (χ0v) is 21.7. The summed E-state index contributed by atoms with van der Waals surface area (Å²) in [5.41, 5.74) is 1.09. The predicted molar refractivity (Wildman–Crippen MR) is 139 cm³/mol. The molecule has 2 aromatic rings. The zero-order chi connectivity index (χ0) is 25.2. The van der Waals surface area contributed by atoms with Crippen LogP contribution in [0.15, 0.2) is 35.4 Å². The fourth-order valence-corrected chi connectivity index (χ4v) is 4.06. The lowest BCUT2D eigenvalue weighted by Crippen LogP contribution is -2.56. The van der Waals surface area contributed by atoms with E-state index in [1.165, 1.54) is 4.57 Å². The van der Waals surface area contributed by atoms with Gasteiger partial charge < -0.3 is 28.9 Å². The van der Waals surface area contributed by atoms with Crippen molar-refractivity contribution in [2.24, 2.45) is 7.05 Å². The number of anilines is 3. The van der Waals surface area contributed by atoms with Crippen LogP contribution in [0.1, 0.15) is 27.7 Å². The van der Waals surface area contributed by atoms with Crippen LogP contribution in [-0.4, -0.2) is 85.7 Å². The first-order chi connectivity index (χ1) is 16.6. The molecule has 0 aromatic carbocycles. The SMILES string of the molecule is COC(C)(C)C(C)(C)O[B]c1cc(Nc2ccc(N3CCN(C4COC4)CC3)cn2)c(=O)n(C)c1. The molecule has 35 heavy (non-hydrogen) atoms. The number of pyridine rings is 2. The molecule has 0 saturated carbocycles. The molecule has 0 bridgehead atoms. The molecule has 0 unspecified atom stereocenters. The second-order valence-corrected chi connectivity index (χ2v) is 10.3. The van der Waals surface area contributed by atoms with Crippen molar-refractivity contribution in [3.05, 3.63) is 40.9 Å². The number of ether oxygens (including phenoxy) is 2. The van der Waals surface area contributed by atoms with Crippen molar-refractivity contribution in [1.29, 1.82) is 0 Å². The first kappa shape index (κ1) is 25.7. The fourth-order valence-electron chi connectivity index (χ4n) is 4.06. The standard InChI is InChI=1S/C25H37BN5O4/c1-24(2,33-6)25(3,4)35-26-18-13-21(23(32)29(5)15-18)28-22-8-7-19(14-27-22)30-9-11-31(12-10-30)20-16-34-17-20/h7-8,13-15,20H,9-12,16-17H2,1-6H3,(H,27,28). The lowest BCUT2D eigenvalue weighted by atomic mass is 9.83. The van der Waals surface area contributed by atoms with Gasteiger partial charge in [0.1, 0.15) is 11.5 Å². The number of rotatable bonds is 9. The summed E-state index contributed by atoms with van der Waals surface area (Å²) in [5.74, 6) is 0.620. The minimum atomic E-state index is -0.571. The Kier molecular flexibility index (Phi) is 7.56. The predicted octanol–water partition coefficient (Wildman–Crippen LogP) is 1.51. The molecule has 10 heteroatoms. The van der Waals surface area contributed by atoms with Gasteiger partial charge in [-0.3, -0.25) is 9.69 Å². The highest BCUT2D eigenvalue weighted by atomic mass is 16.5. The van der Waals surface area contributed by atoms with Crippen LogP contribution in [-0.2, 0) is 21.2 Å². The van der Waals surface area contributed by atoms with E-state index in [4.69, 9.17) is 14.1 Å². The first-order valence-electron chi connectivity index (χ1n) is 12.2. The van der Waals surface area contributed by atoms with Gasteiger partial charge in [0, 0.05) is 46.5 Å². The molecule has 2 aliphatic rings. The molecule has 0 spiro atoms. The van der Waals surface area contributed by atoms with Gasteiger partial charge in [-0.25, -0.2) is 4.98 Å². The van der Waals surface area contributed by atoms with Gasteiger partial charge in [-0.05, 0) is 51.4 Å². The van der Waals surface area contributed by atoms with Gasteiger partial charge in [-0.1, -0.05) is 0 Å². The summed E-state index contributed by atoms with van der Waals surface area (Å²) in [6.45, 7) is 13.6. The first-order valence-corrected chi connectivity index (χ1v) is 12.2. The molecule has 2 aromatic heterocycles. The lowest BCUT2D eigenvalue weighted by molar-refractivity contribution is -0.114. The zero-order valence-electron chi connectivity index (χ0n) is 21.7. The van der Waals surface area contributed by atoms with E-state index >= 15 is 0 Å². The van der Waals surface area contributed by atoms with Gasteiger partial charge in [0.15, 0.2) is 0 Å². The van der Waals surface area contributed by atoms with Crippen LogP contribution in [0.2, 0.25) is 0 Å². The molecule has 0 amide bonds. The number of piperazine rings is 1. The van der Waals surface area contributed by atoms with Crippen molar-refractivity contribution in [2.75, 3.05) is 56.7 Å². The lowest BCUT2D eigenvalue weighted by Gasteiger charge is -2.43. The maximum Gasteiger partial charge on any atom is 0.332 e. The Morgan fingerprint density at radius 1 is 1.11 bits per heavy atom. The number of hydrogen-bond donors (Lipinski definition) is 1. The smallest absolute Gasteiger partial charge is 0.332 e. The molecule has 0 aliphatic carbocycles. The second-order valence-electron chi connectivity index (χ2n) is 10.3. The minimum absolute atomic E-state index is 0.138. The Balaban J connectivity index is 1.39. The van der Waals surface area contributed by atoms with E-state index in [1.54, 1.807) is 33.9 Å². The van der Waals surface area contributed by atoms with Crippen LogP contribution in [0.25, 0.3) is 0 Å². The Morgan fingerprint density at radius 2 is 1.83 bits per heavy atom. The Bertz CT molecular complexity index is 1060. The van der Waals surface area contributed by atoms with Crippen molar-refractivity contribution >= 4 is 30.1 Å². The highest BCUT2D eigenvalue weighted by Gasteiger charge is 2.38. The Labute approximate surface area is 208 Å². The normalized spacial score (nSPS) is 17.8. The van der Waals surface area contributed by atoms with E-state index in [0.717, 1.165) is 50.5 Å². The molecule has 2 fully saturated rings. The molecule has 9 nitrogen and oxygen atoms in total. The summed E-state index contributed by atoms with van der Waals surface area (Å²) in [6, 6.07) is 6.33. The summed E-state index contributed by atoms with van der Waals surface area (Å²) >= 11 is 0. The van der Waals surface area contributed by atoms with Crippen LogP contribution in [0.5, 0.6) is 0 Å². The van der Waals surface area contributed by atoms with Crippen LogP contribution in [0.3, 0.4) is 0 Å². The van der Waals surface area contributed by atoms with Crippen LogP contribution >= 0.6 is 0 Å². The minimum Gasteiger partial charge on any atom is -0.427 e. The maximum absolute atomic E-state index is 12.7. The van der Waals surface area contributed by atoms with Gasteiger partial charge in [0.05, 0.1) is 42.3 Å². The molecule has 2 saturated heterocycles. The van der Waals surface area contributed by atoms with E-state index in [0.29, 0.717) is 17.5 Å². The fraction of sp³-hybridized carbons (Fsp3) is 0.600. The molecule has 0 atom stereocenters. The number of aryl methyl sites for hydroxylation is 1. The third-order valence-corrected chi connectivity index (χ3v) is 7.48. The summed E-state index contributed by atoms with van der Waals surface area (Å²) in [4.78, 5) is 22.2. The Morgan fingerprint density at radius 3 is 2.40 bits per heavy atom. The average molecular weight is 482 g/mol. The largest absolute Gasteiger partial charge is 0.427 e. The van der Waals surface area contributed by atoms with E-state index in [-0.39, 0.29) is 5.56 Å². The molecule has 4 rings (SSSR count). The topological polar surface area (TPSA) is 81.1 Å². The van der Waals surface area contributed by atoms with E-state index in [1.807, 2.05) is 40.0 Å². The van der Waals surface area contributed by atoms with Crippen molar-refractivity contribution in [1.82, 2.24) is 14.5 Å². The van der Waals surface area contributed by atoms with Gasteiger partial charge in [0.2, 0.25) is 0 Å². The summed E-state index contributed by atoms with van der Waals surface area (Å²) in [7, 11) is 5.06. The monoisotopic (exact) mass is 482 g/mol. The number of hydrogen-bond acceptors (Lipinski definition) is 8. The summed E-state index contributed by atoms with van der Waals surface area (Å²) < 4.78 is 18.5. The van der Waals surface area contributed by atoms with Crippen molar-refractivity contribution < 1.29 is 14.1 Å². The van der Waals surface area contributed by atoms with Crippen molar-refractivity contribution in [3.63, 3.8) is 0 Å². The number of methoxy groups -OCH3 is 1. The molecule has 1 radical (unpaired) electrons. The van der Waals surface area contributed by atoms with Crippen LogP contribution in [0.4, 0.5) is 17.2 Å². The van der Waals surface area contributed by atoms with Gasteiger partial charge in [-0.15, -0.1) is 0 Å².